The minimum absolute atomic E-state index is 0.321. The molecule has 0 heterocycles. The molecule has 1 heteroatoms. The molecule has 0 saturated carbocycles. The summed E-state index contributed by atoms with van der Waals surface area (Å²) >= 11 is 0. The van der Waals surface area contributed by atoms with Crippen molar-refractivity contribution in [1.82, 2.24) is 0 Å². The summed E-state index contributed by atoms with van der Waals surface area (Å²) < 4.78 is 0. The second kappa shape index (κ2) is 1.58. The van der Waals surface area contributed by atoms with E-state index < -0.39 is 0 Å². The third-order valence-corrected chi connectivity index (χ3v) is 1.89. The van der Waals surface area contributed by atoms with Crippen molar-refractivity contribution in [2.75, 3.05) is 0 Å². The highest BCUT2D eigenvalue weighted by Crippen LogP contribution is 2.29. The number of nitrogens with two attached hydrogens (primary N) is 1. The van der Waals surface area contributed by atoms with E-state index >= 15 is 0 Å². The molecule has 0 saturated heterocycles. The molecule has 0 amide bonds. The molecule has 0 radical (unpaired) electrons. The van der Waals surface area contributed by atoms with E-state index in [0.29, 0.717) is 6.04 Å². The van der Waals surface area contributed by atoms with Crippen molar-refractivity contribution in [1.29, 1.82) is 0 Å². The fourth-order valence-electron chi connectivity index (χ4n) is 1.30. The van der Waals surface area contributed by atoms with Gasteiger partial charge in [0.15, 0.2) is 0 Å². The molecule has 0 aliphatic heterocycles. The summed E-state index contributed by atoms with van der Waals surface area (Å²) in [5, 5.41) is 0. The van der Waals surface area contributed by atoms with Gasteiger partial charge in [-0.15, -0.1) is 0 Å². The number of benzene rings is 1. The molecule has 1 aromatic rings. The van der Waals surface area contributed by atoms with Crippen LogP contribution in [0.4, 0.5) is 0 Å². The largest absolute Gasteiger partial charge is 0.324 e. The first-order chi connectivity index (χ1) is 4.38. The van der Waals surface area contributed by atoms with Gasteiger partial charge in [0.25, 0.3) is 0 Å². The topological polar surface area (TPSA) is 26.0 Å². The van der Waals surface area contributed by atoms with E-state index in [1.54, 1.807) is 0 Å². The second-order valence-electron chi connectivity index (χ2n) is 2.51. The van der Waals surface area contributed by atoms with Crippen LogP contribution in [-0.4, -0.2) is 0 Å². The zero-order valence-corrected chi connectivity index (χ0v) is 5.17. The fourth-order valence-corrected chi connectivity index (χ4v) is 1.30. The molecular weight excluding hydrogens is 110 g/mol. The smallest absolute Gasteiger partial charge is 0.0338 e. The van der Waals surface area contributed by atoms with Crippen LogP contribution in [0.5, 0.6) is 0 Å². The quantitative estimate of drug-likeness (QED) is 0.546. The first-order valence-corrected chi connectivity index (χ1v) is 3.21. The highest BCUT2D eigenvalue weighted by molar-refractivity contribution is 5.38. The highest BCUT2D eigenvalue weighted by Gasteiger charge is 2.20. The van der Waals surface area contributed by atoms with Crippen molar-refractivity contribution in [3.8, 4) is 0 Å². The van der Waals surface area contributed by atoms with Gasteiger partial charge in [0.05, 0.1) is 0 Å². The Bertz CT molecular complexity index is 230. The van der Waals surface area contributed by atoms with Gasteiger partial charge < -0.3 is 5.73 Å². The lowest BCUT2D eigenvalue weighted by molar-refractivity contribution is 0.636. The van der Waals surface area contributed by atoms with Crippen LogP contribution in [-0.2, 0) is 6.42 Å². The van der Waals surface area contributed by atoms with Gasteiger partial charge in [-0.1, -0.05) is 24.3 Å². The minimum Gasteiger partial charge on any atom is -0.324 e. The predicted molar refractivity (Wildman–Crippen MR) is 37.1 cm³/mol. The molecule has 1 aromatic carbocycles. The van der Waals surface area contributed by atoms with Gasteiger partial charge in [0, 0.05) is 6.04 Å². The standard InChI is InChI=1S/C8H9N/c9-8-5-6-3-1-2-4-7(6)8/h1-4,8H,5,9H2/t8-/m0/s1. The lowest BCUT2D eigenvalue weighted by Gasteiger charge is -2.25. The fraction of sp³-hybridized carbons (Fsp3) is 0.250. The van der Waals surface area contributed by atoms with Crippen LogP contribution in [0.15, 0.2) is 24.3 Å². The third kappa shape index (κ3) is 0.583. The van der Waals surface area contributed by atoms with Gasteiger partial charge in [-0.2, -0.15) is 0 Å². The van der Waals surface area contributed by atoms with Crippen molar-refractivity contribution in [2.45, 2.75) is 12.5 Å². The molecule has 0 aromatic heterocycles. The average molecular weight is 119 g/mol. The van der Waals surface area contributed by atoms with Crippen molar-refractivity contribution >= 4 is 0 Å². The van der Waals surface area contributed by atoms with Crippen LogP contribution < -0.4 is 5.73 Å². The number of rotatable bonds is 0. The summed E-state index contributed by atoms with van der Waals surface area (Å²) in [6.07, 6.45) is 1.07. The number of fused-ring (bicyclic) bond motifs is 1. The molecule has 1 aliphatic carbocycles. The molecule has 0 fully saturated rings. The molecule has 1 atom stereocenters. The van der Waals surface area contributed by atoms with Gasteiger partial charge >= 0.3 is 0 Å². The molecule has 9 heavy (non-hydrogen) atoms. The highest BCUT2D eigenvalue weighted by atomic mass is 14.7. The molecule has 1 nitrogen and oxygen atoms in total. The third-order valence-electron chi connectivity index (χ3n) is 1.89. The molecule has 2 N–H and O–H groups in total. The summed E-state index contributed by atoms with van der Waals surface area (Å²) in [6, 6.07) is 8.66. The van der Waals surface area contributed by atoms with Crippen LogP contribution in [0.2, 0.25) is 0 Å². The SMILES string of the molecule is N[C@H]1Cc2ccccc21. The van der Waals surface area contributed by atoms with E-state index in [-0.39, 0.29) is 0 Å². The Balaban J connectivity index is 2.51. The van der Waals surface area contributed by atoms with Crippen LogP contribution in [0, 0.1) is 0 Å². The van der Waals surface area contributed by atoms with E-state index in [1.807, 2.05) is 6.07 Å². The summed E-state index contributed by atoms with van der Waals surface area (Å²) in [6.45, 7) is 0. The lowest BCUT2D eigenvalue weighted by Crippen LogP contribution is -2.24. The van der Waals surface area contributed by atoms with Gasteiger partial charge in [0.1, 0.15) is 0 Å². The molecule has 0 spiro atoms. The van der Waals surface area contributed by atoms with Gasteiger partial charge in [-0.25, -0.2) is 0 Å². The van der Waals surface area contributed by atoms with Gasteiger partial charge in [0.2, 0.25) is 0 Å². The lowest BCUT2D eigenvalue weighted by atomic mass is 9.84. The Kier molecular flexibility index (Phi) is 0.878. The Morgan fingerprint density at radius 1 is 1.33 bits per heavy atom. The maximum Gasteiger partial charge on any atom is 0.0338 e. The predicted octanol–water partition coefficient (Wildman–Crippen LogP) is 1.24. The Morgan fingerprint density at radius 3 is 2.67 bits per heavy atom. The van der Waals surface area contributed by atoms with Crippen molar-refractivity contribution in [3.05, 3.63) is 35.4 Å². The normalized spacial score (nSPS) is 22.6. The van der Waals surface area contributed by atoms with Crippen molar-refractivity contribution in [2.24, 2.45) is 5.73 Å². The molecule has 2 rings (SSSR count). The van der Waals surface area contributed by atoms with Crippen molar-refractivity contribution < 1.29 is 0 Å². The zero-order valence-electron chi connectivity index (χ0n) is 5.17. The summed E-state index contributed by atoms with van der Waals surface area (Å²) in [5.41, 5.74) is 8.44. The van der Waals surface area contributed by atoms with Crippen LogP contribution in [0.1, 0.15) is 17.2 Å². The molecule has 0 bridgehead atoms. The van der Waals surface area contributed by atoms with E-state index in [1.165, 1.54) is 11.1 Å². The summed E-state index contributed by atoms with van der Waals surface area (Å²) in [7, 11) is 0. The van der Waals surface area contributed by atoms with Crippen LogP contribution >= 0.6 is 0 Å². The average Bonchev–Trinajstić information content (AvgIpc) is 1.86. The first kappa shape index (κ1) is 5.00. The first-order valence-electron chi connectivity index (χ1n) is 3.21. The van der Waals surface area contributed by atoms with E-state index in [9.17, 15) is 0 Å². The van der Waals surface area contributed by atoms with Gasteiger partial charge in [-0.05, 0) is 17.5 Å². The van der Waals surface area contributed by atoms with E-state index in [0.717, 1.165) is 6.42 Å². The number of hydrogen-bond donors (Lipinski definition) is 1. The van der Waals surface area contributed by atoms with Crippen LogP contribution in [0.3, 0.4) is 0 Å². The van der Waals surface area contributed by atoms with Crippen LogP contribution in [0.25, 0.3) is 0 Å². The maximum absolute atomic E-state index is 5.69. The summed E-state index contributed by atoms with van der Waals surface area (Å²) in [5.74, 6) is 0. The molecule has 46 valence electrons. The Hall–Kier alpha value is -0.820. The van der Waals surface area contributed by atoms with E-state index in [2.05, 4.69) is 18.2 Å². The Labute approximate surface area is 54.5 Å². The maximum atomic E-state index is 5.69. The minimum atomic E-state index is 0.321. The van der Waals surface area contributed by atoms with E-state index in [4.69, 9.17) is 5.73 Å². The summed E-state index contributed by atoms with van der Waals surface area (Å²) in [4.78, 5) is 0. The van der Waals surface area contributed by atoms with Gasteiger partial charge in [-0.3, -0.25) is 0 Å². The zero-order chi connectivity index (χ0) is 6.27. The number of hydrogen-bond acceptors (Lipinski definition) is 1. The Morgan fingerprint density at radius 2 is 2.11 bits per heavy atom. The monoisotopic (exact) mass is 119 g/mol. The second-order valence-corrected chi connectivity index (χ2v) is 2.51. The molecule has 1 aliphatic rings. The molecular formula is C8H9N. The molecule has 0 unspecified atom stereocenters. The van der Waals surface area contributed by atoms with Crippen molar-refractivity contribution in [3.63, 3.8) is 0 Å².